The Morgan fingerprint density at radius 3 is 0.927 bits per heavy atom. The van der Waals surface area contributed by atoms with E-state index >= 15 is 0 Å². The van der Waals surface area contributed by atoms with Gasteiger partial charge in [0.25, 0.3) is 0 Å². The van der Waals surface area contributed by atoms with E-state index < -0.39 is 24.6 Å². The summed E-state index contributed by atoms with van der Waals surface area (Å²) in [4.78, 5) is 35.8. The van der Waals surface area contributed by atoms with E-state index in [1.807, 2.05) is 0 Å². The van der Waals surface area contributed by atoms with Crippen molar-refractivity contribution in [2.45, 2.75) is 0 Å². The molecule has 1 amide bonds. The van der Waals surface area contributed by atoms with Gasteiger partial charge in [-0.3, -0.25) is 0 Å². The van der Waals surface area contributed by atoms with Crippen molar-refractivity contribution in [3.05, 3.63) is 84.9 Å². The van der Waals surface area contributed by atoms with Gasteiger partial charge in [0.2, 0.25) is 0 Å². The highest BCUT2D eigenvalue weighted by molar-refractivity contribution is 6.47. The predicted molar refractivity (Wildman–Crippen MR) is 154 cm³/mol. The van der Waals surface area contributed by atoms with Crippen LogP contribution in [0.5, 0.6) is 0 Å². The van der Waals surface area contributed by atoms with Crippen LogP contribution in [0.15, 0.2) is 84.9 Å². The molecular formula is C30H21NO10. The Labute approximate surface area is 229 Å². The number of amides is 1. The largest absolute Gasteiger partial charge is 0.514 e. The molecule has 206 valence electrons. The fraction of sp³-hybridized carbons (Fsp3) is 0. The molecule has 7 rings (SSSR count). The molecule has 0 aromatic heterocycles. The van der Waals surface area contributed by atoms with Crippen LogP contribution in [-0.4, -0.2) is 50.1 Å². The second-order valence-corrected chi connectivity index (χ2v) is 8.55. The molecular weight excluding hydrogens is 534 g/mol. The van der Waals surface area contributed by atoms with E-state index in [0.29, 0.717) is 0 Å². The summed E-state index contributed by atoms with van der Waals surface area (Å²) in [5, 5.41) is 52.1. The van der Waals surface area contributed by atoms with Crippen molar-refractivity contribution in [2.24, 2.45) is 5.73 Å². The topological polar surface area (TPSA) is 205 Å². The normalized spacial score (nSPS) is 10.4. The molecule has 0 unspecified atom stereocenters. The highest BCUT2D eigenvalue weighted by Crippen LogP contribution is 2.49. The van der Waals surface area contributed by atoms with Crippen LogP contribution in [0.1, 0.15) is 0 Å². The first kappa shape index (κ1) is 27.9. The standard InChI is InChI=1S/C26H14.C2H3NO4.2CH2O3/c1-3-9-17-15(7-1)19-11-5-13-22-24-18-10-4-2-8-16(18)20-12-6-14-21(26(20)24)23(17)25(19)22;3-1(4)7-2(5)6;2*2-1(3)4/h1-14H;(H2,3,4)(H,5,6);2*(H2,2,3,4). The van der Waals surface area contributed by atoms with E-state index in [0.717, 1.165) is 0 Å². The van der Waals surface area contributed by atoms with Crippen molar-refractivity contribution >= 4 is 89.2 Å². The minimum absolute atomic E-state index is 1.31. The zero-order valence-electron chi connectivity index (χ0n) is 20.9. The van der Waals surface area contributed by atoms with Crippen LogP contribution in [0.25, 0.3) is 64.6 Å². The number of nitrogens with two attached hydrogens (primary N) is 1. The van der Waals surface area contributed by atoms with Crippen molar-refractivity contribution in [2.75, 3.05) is 0 Å². The lowest BCUT2D eigenvalue weighted by molar-refractivity contribution is 0.114. The molecule has 41 heavy (non-hydrogen) atoms. The summed E-state index contributed by atoms with van der Waals surface area (Å²) in [6.45, 7) is 0. The zero-order valence-corrected chi connectivity index (χ0v) is 20.9. The first-order valence-electron chi connectivity index (χ1n) is 11.8. The van der Waals surface area contributed by atoms with E-state index in [9.17, 15) is 9.59 Å². The minimum atomic E-state index is -1.83. The summed E-state index contributed by atoms with van der Waals surface area (Å²) in [5.41, 5.74) is 4.25. The smallest absolute Gasteiger partial charge is 0.450 e. The third-order valence-electron chi connectivity index (χ3n) is 6.33. The van der Waals surface area contributed by atoms with Crippen molar-refractivity contribution in [3.63, 3.8) is 0 Å². The molecule has 0 spiro atoms. The number of rotatable bonds is 0. The van der Waals surface area contributed by atoms with Gasteiger partial charge in [-0.1, -0.05) is 84.9 Å². The van der Waals surface area contributed by atoms with Crippen LogP contribution in [-0.2, 0) is 4.74 Å². The van der Waals surface area contributed by atoms with Crippen LogP contribution >= 0.6 is 0 Å². The molecule has 0 fully saturated rings. The summed E-state index contributed by atoms with van der Waals surface area (Å²) in [6, 6.07) is 31.3. The monoisotopic (exact) mass is 555 g/mol. The Bertz CT molecular complexity index is 1910. The number of hydrogen-bond donors (Lipinski definition) is 6. The number of carbonyl (C=O) groups is 4. The summed E-state index contributed by atoms with van der Waals surface area (Å²) < 4.78 is 3.31. The first-order chi connectivity index (χ1) is 19.5. The fourth-order valence-corrected chi connectivity index (χ4v) is 5.30. The summed E-state index contributed by atoms with van der Waals surface area (Å²) in [7, 11) is 0. The Hall–Kier alpha value is -6.10. The second kappa shape index (κ2) is 11.3. The quantitative estimate of drug-likeness (QED) is 0.0611. The van der Waals surface area contributed by atoms with Gasteiger partial charge in [-0.2, -0.15) is 0 Å². The molecule has 0 heterocycles. The van der Waals surface area contributed by atoms with Gasteiger partial charge in [0.05, 0.1) is 0 Å². The third kappa shape index (κ3) is 5.40. The number of benzene rings is 5. The Morgan fingerprint density at radius 1 is 0.439 bits per heavy atom. The third-order valence-corrected chi connectivity index (χ3v) is 6.33. The van der Waals surface area contributed by atoms with E-state index in [-0.39, 0.29) is 0 Å². The van der Waals surface area contributed by atoms with Gasteiger partial charge in [-0.05, 0) is 64.6 Å². The molecule has 0 atom stereocenters. The molecule has 0 saturated heterocycles. The van der Waals surface area contributed by atoms with Gasteiger partial charge in [-0.15, -0.1) is 0 Å². The number of fused-ring (bicyclic) bond motifs is 8. The molecule has 0 radical (unpaired) electrons. The maximum atomic E-state index is 9.43. The number of hydrogen-bond acceptors (Lipinski definition) is 5. The highest BCUT2D eigenvalue weighted by atomic mass is 16.7. The summed E-state index contributed by atoms with van der Waals surface area (Å²) in [5.74, 6) is 0. The maximum absolute atomic E-state index is 9.43. The van der Waals surface area contributed by atoms with Gasteiger partial charge < -0.3 is 36.0 Å². The zero-order chi connectivity index (χ0) is 29.8. The predicted octanol–water partition coefficient (Wildman–Crippen LogP) is 7.69. The molecule has 11 nitrogen and oxygen atoms in total. The maximum Gasteiger partial charge on any atom is 0.514 e. The van der Waals surface area contributed by atoms with Crippen LogP contribution < -0.4 is 5.73 Å². The van der Waals surface area contributed by atoms with Crippen molar-refractivity contribution in [1.82, 2.24) is 0 Å². The lowest BCUT2D eigenvalue weighted by atomic mass is 9.95. The van der Waals surface area contributed by atoms with Crippen LogP contribution in [0.3, 0.4) is 0 Å². The fourth-order valence-electron chi connectivity index (χ4n) is 5.30. The molecule has 0 aliphatic heterocycles. The van der Waals surface area contributed by atoms with Gasteiger partial charge in [0, 0.05) is 0 Å². The highest BCUT2D eigenvalue weighted by Gasteiger charge is 2.20. The van der Waals surface area contributed by atoms with Crippen LogP contribution in [0.4, 0.5) is 19.2 Å². The van der Waals surface area contributed by atoms with E-state index in [4.69, 9.17) is 35.1 Å². The molecule has 7 N–H and O–H groups in total. The van der Waals surface area contributed by atoms with Crippen molar-refractivity contribution in [3.8, 4) is 0 Å². The molecule has 7 aromatic carbocycles. The minimum Gasteiger partial charge on any atom is -0.450 e. The number of ether oxygens (including phenoxy) is 1. The number of carbonyl (C=O) groups excluding carboxylic acids is 1. The van der Waals surface area contributed by atoms with Crippen LogP contribution in [0.2, 0.25) is 0 Å². The van der Waals surface area contributed by atoms with E-state index in [1.54, 1.807) is 0 Å². The van der Waals surface area contributed by atoms with Gasteiger partial charge in [-0.25, -0.2) is 19.2 Å². The molecule has 0 aliphatic rings. The summed E-state index contributed by atoms with van der Waals surface area (Å²) >= 11 is 0. The lowest BCUT2D eigenvalue weighted by Crippen LogP contribution is -2.16. The molecule has 0 saturated carbocycles. The van der Waals surface area contributed by atoms with Gasteiger partial charge in [0.15, 0.2) is 0 Å². The van der Waals surface area contributed by atoms with Crippen molar-refractivity contribution in [1.29, 1.82) is 0 Å². The van der Waals surface area contributed by atoms with Gasteiger partial charge in [0.1, 0.15) is 0 Å². The Morgan fingerprint density at radius 2 is 0.683 bits per heavy atom. The van der Waals surface area contributed by atoms with E-state index in [1.165, 1.54) is 64.6 Å². The Balaban J connectivity index is 0.000000218. The van der Waals surface area contributed by atoms with Crippen molar-refractivity contribution < 1.29 is 49.4 Å². The molecule has 0 bridgehead atoms. The molecule has 0 aliphatic carbocycles. The first-order valence-corrected chi connectivity index (χ1v) is 11.8. The SMILES string of the molecule is NC(=O)OC(=O)O.O=C(O)O.O=C(O)O.c1ccc2c(c1)c1cccc3c4c5ccccc5c5cccc(c2c13)c54. The lowest BCUT2D eigenvalue weighted by Gasteiger charge is -2.07. The number of carboxylic acid groups (broad SMARTS) is 5. The van der Waals surface area contributed by atoms with Crippen LogP contribution in [0, 0.1) is 0 Å². The molecule has 11 heteroatoms. The molecule has 7 aromatic rings. The Kier molecular flexibility index (Phi) is 7.72. The average molecular weight is 555 g/mol. The average Bonchev–Trinajstić information content (AvgIpc) is 3.42. The summed E-state index contributed by atoms with van der Waals surface area (Å²) in [6.07, 6.45) is -6.67. The van der Waals surface area contributed by atoms with Gasteiger partial charge >= 0.3 is 24.6 Å². The second-order valence-electron chi connectivity index (χ2n) is 8.55. The number of primary amides is 1. The van der Waals surface area contributed by atoms with E-state index in [2.05, 4.69) is 95.4 Å².